The van der Waals surface area contributed by atoms with Gasteiger partial charge in [0.25, 0.3) is 0 Å². The predicted octanol–water partition coefficient (Wildman–Crippen LogP) is 3.65. The molecule has 0 radical (unpaired) electrons. The second-order valence-corrected chi connectivity index (χ2v) is 7.22. The Bertz CT molecular complexity index is 638. The molecule has 0 aromatic heterocycles. The number of hydrogen-bond acceptors (Lipinski definition) is 3. The van der Waals surface area contributed by atoms with Gasteiger partial charge < -0.3 is 9.84 Å². The first-order valence-electron chi connectivity index (χ1n) is 9.25. The van der Waals surface area contributed by atoms with Gasteiger partial charge in [0.05, 0.1) is 18.8 Å². The van der Waals surface area contributed by atoms with Crippen LogP contribution < -0.4 is 0 Å². The first-order valence-corrected chi connectivity index (χ1v) is 9.25. The lowest BCUT2D eigenvalue weighted by Gasteiger charge is -2.43. The normalized spacial score (nSPS) is 19.5. The summed E-state index contributed by atoms with van der Waals surface area (Å²) in [4.78, 5) is 2.41. The van der Waals surface area contributed by atoms with Crippen molar-refractivity contribution in [3.63, 3.8) is 0 Å². The minimum Gasteiger partial charge on any atom is -0.384 e. The first kappa shape index (κ1) is 18.1. The van der Waals surface area contributed by atoms with Crippen LogP contribution in [0.3, 0.4) is 0 Å². The van der Waals surface area contributed by atoms with Crippen molar-refractivity contribution in [1.29, 1.82) is 0 Å². The first-order chi connectivity index (χ1) is 12.1. The molecule has 0 spiro atoms. The number of aliphatic hydroxyl groups is 1. The molecule has 0 unspecified atom stereocenters. The van der Waals surface area contributed by atoms with Gasteiger partial charge in [-0.2, -0.15) is 0 Å². The Morgan fingerprint density at radius 2 is 1.52 bits per heavy atom. The molecule has 2 aromatic carbocycles. The number of morpholine rings is 1. The van der Waals surface area contributed by atoms with Crippen LogP contribution in [-0.2, 0) is 10.3 Å². The largest absolute Gasteiger partial charge is 0.384 e. The number of rotatable bonds is 6. The highest BCUT2D eigenvalue weighted by atomic mass is 16.5. The summed E-state index contributed by atoms with van der Waals surface area (Å²) in [7, 11) is 0. The fourth-order valence-corrected chi connectivity index (χ4v) is 3.87. The number of ether oxygens (including phenoxy) is 1. The van der Waals surface area contributed by atoms with Crippen LogP contribution in [0.4, 0.5) is 0 Å². The van der Waals surface area contributed by atoms with E-state index >= 15 is 0 Å². The van der Waals surface area contributed by atoms with Crippen molar-refractivity contribution in [2.45, 2.75) is 25.4 Å². The van der Waals surface area contributed by atoms with Gasteiger partial charge in [0.15, 0.2) is 0 Å². The second-order valence-electron chi connectivity index (χ2n) is 7.22. The van der Waals surface area contributed by atoms with E-state index in [1.807, 2.05) is 24.3 Å². The summed E-state index contributed by atoms with van der Waals surface area (Å²) in [6.07, 6.45) is 0. The SMILES string of the molecule is CC(C)[C@@](O)(c1ccccc1)[C@H](CN1CCOCC1)c1ccccc1. The Kier molecular flexibility index (Phi) is 5.89. The van der Waals surface area contributed by atoms with Gasteiger partial charge in [-0.1, -0.05) is 74.5 Å². The third kappa shape index (κ3) is 3.95. The fraction of sp³-hybridized carbons (Fsp3) is 0.455. The van der Waals surface area contributed by atoms with Gasteiger partial charge in [-0.3, -0.25) is 4.90 Å². The average Bonchev–Trinajstić information content (AvgIpc) is 2.67. The predicted molar refractivity (Wildman–Crippen MR) is 102 cm³/mol. The zero-order valence-electron chi connectivity index (χ0n) is 15.3. The van der Waals surface area contributed by atoms with E-state index in [9.17, 15) is 5.11 Å². The molecule has 0 saturated carbocycles. The van der Waals surface area contributed by atoms with Crippen molar-refractivity contribution < 1.29 is 9.84 Å². The lowest BCUT2D eigenvalue weighted by molar-refractivity contribution is -0.0547. The summed E-state index contributed by atoms with van der Waals surface area (Å²) < 4.78 is 5.50. The molecule has 1 heterocycles. The van der Waals surface area contributed by atoms with Crippen LogP contribution >= 0.6 is 0 Å². The standard InChI is InChI=1S/C22H29NO2/c1-18(2)22(24,20-11-7-4-8-12-20)21(19-9-5-3-6-10-19)17-23-13-15-25-16-14-23/h3-12,18,21,24H,13-17H2,1-2H3/t21-,22-/m1/s1. The van der Waals surface area contributed by atoms with E-state index < -0.39 is 5.60 Å². The van der Waals surface area contributed by atoms with Crippen LogP contribution in [0, 0.1) is 5.92 Å². The molecule has 3 nitrogen and oxygen atoms in total. The molecule has 0 amide bonds. The van der Waals surface area contributed by atoms with E-state index in [1.54, 1.807) is 0 Å². The highest BCUT2D eigenvalue weighted by Crippen LogP contribution is 2.43. The van der Waals surface area contributed by atoms with Crippen LogP contribution in [0.5, 0.6) is 0 Å². The van der Waals surface area contributed by atoms with Gasteiger partial charge in [0.1, 0.15) is 0 Å². The zero-order chi connectivity index (χ0) is 17.7. The quantitative estimate of drug-likeness (QED) is 0.872. The Hall–Kier alpha value is -1.68. The monoisotopic (exact) mass is 339 g/mol. The molecule has 1 aliphatic rings. The highest BCUT2D eigenvalue weighted by molar-refractivity contribution is 5.32. The minimum atomic E-state index is -0.916. The van der Waals surface area contributed by atoms with E-state index in [0.717, 1.165) is 38.4 Å². The molecule has 25 heavy (non-hydrogen) atoms. The van der Waals surface area contributed by atoms with Crippen molar-refractivity contribution >= 4 is 0 Å². The van der Waals surface area contributed by atoms with Crippen molar-refractivity contribution in [2.75, 3.05) is 32.8 Å². The number of benzene rings is 2. The van der Waals surface area contributed by atoms with Gasteiger partial charge in [-0.15, -0.1) is 0 Å². The van der Waals surface area contributed by atoms with Crippen molar-refractivity contribution in [3.05, 3.63) is 71.8 Å². The van der Waals surface area contributed by atoms with Gasteiger partial charge in [0.2, 0.25) is 0 Å². The van der Waals surface area contributed by atoms with E-state index in [4.69, 9.17) is 4.74 Å². The molecule has 1 aliphatic heterocycles. The molecule has 1 saturated heterocycles. The molecule has 134 valence electrons. The summed E-state index contributed by atoms with van der Waals surface area (Å²) in [6.45, 7) is 8.44. The molecule has 3 rings (SSSR count). The third-order valence-corrected chi connectivity index (χ3v) is 5.39. The fourth-order valence-electron chi connectivity index (χ4n) is 3.87. The van der Waals surface area contributed by atoms with Crippen LogP contribution in [0.1, 0.15) is 30.9 Å². The summed E-state index contributed by atoms with van der Waals surface area (Å²) in [5.41, 5.74) is 1.27. The second kappa shape index (κ2) is 8.13. The van der Waals surface area contributed by atoms with Crippen LogP contribution in [0.2, 0.25) is 0 Å². The summed E-state index contributed by atoms with van der Waals surface area (Å²) in [6, 6.07) is 20.6. The summed E-state index contributed by atoms with van der Waals surface area (Å²) in [5.74, 6) is 0.107. The average molecular weight is 339 g/mol. The Morgan fingerprint density at radius 1 is 0.960 bits per heavy atom. The smallest absolute Gasteiger partial charge is 0.0999 e. The van der Waals surface area contributed by atoms with Gasteiger partial charge in [-0.05, 0) is 17.0 Å². The summed E-state index contributed by atoms with van der Waals surface area (Å²) >= 11 is 0. The Balaban J connectivity index is 2.01. The maximum atomic E-state index is 11.9. The molecule has 0 aliphatic carbocycles. The Labute approximate surface area is 151 Å². The minimum absolute atomic E-state index is 0.00852. The van der Waals surface area contributed by atoms with Gasteiger partial charge in [0, 0.05) is 25.6 Å². The molecule has 2 aromatic rings. The van der Waals surface area contributed by atoms with E-state index in [-0.39, 0.29) is 11.8 Å². The molecular weight excluding hydrogens is 310 g/mol. The topological polar surface area (TPSA) is 32.7 Å². The molecule has 1 fully saturated rings. The molecule has 2 atom stereocenters. The van der Waals surface area contributed by atoms with Crippen molar-refractivity contribution in [2.24, 2.45) is 5.92 Å². The maximum absolute atomic E-state index is 11.9. The Morgan fingerprint density at radius 3 is 2.08 bits per heavy atom. The summed E-state index contributed by atoms with van der Waals surface area (Å²) in [5, 5.41) is 11.9. The lowest BCUT2D eigenvalue weighted by atomic mass is 9.70. The highest BCUT2D eigenvalue weighted by Gasteiger charge is 2.42. The van der Waals surface area contributed by atoms with Crippen LogP contribution in [0.15, 0.2) is 60.7 Å². The van der Waals surface area contributed by atoms with E-state index in [1.165, 1.54) is 5.56 Å². The molecule has 0 bridgehead atoms. The van der Waals surface area contributed by atoms with Crippen molar-refractivity contribution in [1.82, 2.24) is 4.90 Å². The molecular formula is C22H29NO2. The number of hydrogen-bond donors (Lipinski definition) is 1. The molecule has 3 heteroatoms. The van der Waals surface area contributed by atoms with Crippen LogP contribution in [-0.4, -0.2) is 42.9 Å². The van der Waals surface area contributed by atoms with Gasteiger partial charge in [-0.25, -0.2) is 0 Å². The van der Waals surface area contributed by atoms with E-state index in [0.29, 0.717) is 0 Å². The third-order valence-electron chi connectivity index (χ3n) is 5.39. The maximum Gasteiger partial charge on any atom is 0.0999 e. The van der Waals surface area contributed by atoms with Crippen LogP contribution in [0.25, 0.3) is 0 Å². The van der Waals surface area contributed by atoms with E-state index in [2.05, 4.69) is 55.1 Å². The number of nitrogens with zero attached hydrogens (tertiary/aromatic N) is 1. The zero-order valence-corrected chi connectivity index (χ0v) is 15.3. The van der Waals surface area contributed by atoms with Crippen molar-refractivity contribution in [3.8, 4) is 0 Å². The van der Waals surface area contributed by atoms with Gasteiger partial charge >= 0.3 is 0 Å². The molecule has 1 N–H and O–H groups in total. The lowest BCUT2D eigenvalue weighted by Crippen LogP contribution is -2.47.